The van der Waals surface area contributed by atoms with Crippen molar-refractivity contribution in [1.29, 1.82) is 0 Å². The number of aromatic nitrogens is 4. The van der Waals surface area contributed by atoms with E-state index in [9.17, 15) is 4.79 Å². The molecule has 1 aliphatic rings. The average Bonchev–Trinajstić information content (AvgIpc) is 3.57. The molecule has 6 heteroatoms. The van der Waals surface area contributed by atoms with Crippen molar-refractivity contribution < 1.29 is 4.79 Å². The van der Waals surface area contributed by atoms with Gasteiger partial charge in [0.1, 0.15) is 0 Å². The predicted octanol–water partition coefficient (Wildman–Crippen LogP) is 4.93. The SMILES string of the molecule is CCc1nn(C2CCCC2)c2cc(-c3ccnn3-c3ccc(C(=O)NC)cc3)ccc12. The number of rotatable bonds is 5. The fourth-order valence-corrected chi connectivity index (χ4v) is 4.68. The Hall–Kier alpha value is -3.41. The molecule has 0 unspecified atom stereocenters. The van der Waals surface area contributed by atoms with Crippen molar-refractivity contribution in [3.8, 4) is 16.9 Å². The minimum atomic E-state index is -0.0930. The van der Waals surface area contributed by atoms with Crippen molar-refractivity contribution in [3.05, 3.63) is 66.0 Å². The third-order valence-electron chi connectivity index (χ3n) is 6.33. The zero-order chi connectivity index (χ0) is 21.4. The summed E-state index contributed by atoms with van der Waals surface area (Å²) < 4.78 is 4.19. The van der Waals surface area contributed by atoms with Crippen LogP contribution in [0.25, 0.3) is 27.8 Å². The van der Waals surface area contributed by atoms with Crippen LogP contribution in [0.15, 0.2) is 54.7 Å². The van der Waals surface area contributed by atoms with Crippen LogP contribution in [0.2, 0.25) is 0 Å². The van der Waals surface area contributed by atoms with Crippen LogP contribution in [-0.2, 0) is 6.42 Å². The Kier molecular flexibility index (Phi) is 5.06. The highest BCUT2D eigenvalue weighted by molar-refractivity contribution is 5.94. The summed E-state index contributed by atoms with van der Waals surface area (Å²) in [6.45, 7) is 2.17. The fourth-order valence-electron chi connectivity index (χ4n) is 4.68. The van der Waals surface area contributed by atoms with Crippen molar-refractivity contribution in [2.24, 2.45) is 0 Å². The lowest BCUT2D eigenvalue weighted by Gasteiger charge is -2.13. The highest BCUT2D eigenvalue weighted by Gasteiger charge is 2.22. The number of nitrogens with zero attached hydrogens (tertiary/aromatic N) is 4. The number of nitrogens with one attached hydrogen (secondary N) is 1. The molecule has 2 aromatic carbocycles. The summed E-state index contributed by atoms with van der Waals surface area (Å²) in [5.41, 5.74) is 6.07. The standard InChI is InChI=1S/C25H27N5O/c1-3-22-21-13-10-18(16-24(21)30(28-22)19-6-4-5-7-19)23-14-15-27-29(23)20-11-8-17(9-12-20)25(31)26-2/h8-16,19H,3-7H2,1-2H3,(H,26,31). The summed E-state index contributed by atoms with van der Waals surface area (Å²) in [6.07, 6.45) is 7.74. The largest absolute Gasteiger partial charge is 0.355 e. The van der Waals surface area contributed by atoms with Gasteiger partial charge in [-0.3, -0.25) is 9.48 Å². The molecule has 0 aliphatic heterocycles. The lowest BCUT2D eigenvalue weighted by atomic mass is 10.1. The molecule has 1 N–H and O–H groups in total. The van der Waals surface area contributed by atoms with E-state index in [0.29, 0.717) is 11.6 Å². The second kappa shape index (κ2) is 8.02. The minimum Gasteiger partial charge on any atom is -0.355 e. The maximum Gasteiger partial charge on any atom is 0.251 e. The van der Waals surface area contributed by atoms with Gasteiger partial charge in [-0.1, -0.05) is 31.9 Å². The first kappa shape index (κ1) is 19.5. The van der Waals surface area contributed by atoms with E-state index in [2.05, 4.69) is 40.2 Å². The van der Waals surface area contributed by atoms with Crippen LogP contribution < -0.4 is 5.32 Å². The molecular formula is C25H27N5O. The molecule has 0 saturated heterocycles. The Labute approximate surface area is 181 Å². The van der Waals surface area contributed by atoms with E-state index in [4.69, 9.17) is 5.10 Å². The number of amides is 1. The number of aryl methyl sites for hydroxylation is 1. The molecule has 2 aromatic heterocycles. The quantitative estimate of drug-likeness (QED) is 0.505. The van der Waals surface area contributed by atoms with Gasteiger partial charge in [0.2, 0.25) is 0 Å². The summed E-state index contributed by atoms with van der Waals surface area (Å²) in [7, 11) is 1.64. The van der Waals surface area contributed by atoms with Crippen LogP contribution in [0.4, 0.5) is 0 Å². The maximum absolute atomic E-state index is 11.8. The smallest absolute Gasteiger partial charge is 0.251 e. The molecule has 1 fully saturated rings. The summed E-state index contributed by atoms with van der Waals surface area (Å²) >= 11 is 0. The Morgan fingerprint density at radius 1 is 1.10 bits per heavy atom. The van der Waals surface area contributed by atoms with Gasteiger partial charge in [0.15, 0.2) is 0 Å². The molecule has 5 rings (SSSR count). The second-order valence-corrected chi connectivity index (χ2v) is 8.17. The van der Waals surface area contributed by atoms with Crippen LogP contribution in [0, 0.1) is 0 Å². The van der Waals surface area contributed by atoms with Gasteiger partial charge in [0.05, 0.1) is 34.8 Å². The normalized spacial score (nSPS) is 14.4. The lowest BCUT2D eigenvalue weighted by molar-refractivity contribution is 0.0963. The number of hydrogen-bond acceptors (Lipinski definition) is 3. The third kappa shape index (κ3) is 3.42. The van der Waals surface area contributed by atoms with Gasteiger partial charge < -0.3 is 5.32 Å². The van der Waals surface area contributed by atoms with E-state index < -0.39 is 0 Å². The first-order valence-corrected chi connectivity index (χ1v) is 11.1. The number of carbonyl (C=O) groups excluding carboxylic acids is 1. The summed E-state index contributed by atoms with van der Waals surface area (Å²) in [5, 5.41) is 13.4. The average molecular weight is 414 g/mol. The highest BCUT2D eigenvalue weighted by Crippen LogP contribution is 2.35. The Bertz CT molecular complexity index is 1230. The van der Waals surface area contributed by atoms with Gasteiger partial charge >= 0.3 is 0 Å². The van der Waals surface area contributed by atoms with Gasteiger partial charge in [-0.25, -0.2) is 4.68 Å². The van der Waals surface area contributed by atoms with Gasteiger partial charge in [-0.05, 0) is 55.7 Å². The summed E-state index contributed by atoms with van der Waals surface area (Å²) in [6, 6.07) is 16.7. The minimum absolute atomic E-state index is 0.0930. The zero-order valence-electron chi connectivity index (χ0n) is 18.0. The van der Waals surface area contributed by atoms with Crippen LogP contribution in [0.3, 0.4) is 0 Å². The van der Waals surface area contributed by atoms with Gasteiger partial charge in [0, 0.05) is 23.6 Å². The first-order valence-electron chi connectivity index (χ1n) is 11.1. The van der Waals surface area contributed by atoms with Crippen molar-refractivity contribution >= 4 is 16.8 Å². The third-order valence-corrected chi connectivity index (χ3v) is 6.33. The number of fused-ring (bicyclic) bond motifs is 1. The van der Waals surface area contributed by atoms with Crippen LogP contribution in [-0.4, -0.2) is 32.5 Å². The van der Waals surface area contributed by atoms with E-state index in [-0.39, 0.29) is 5.91 Å². The van der Waals surface area contributed by atoms with Gasteiger partial charge in [-0.2, -0.15) is 10.2 Å². The molecule has 0 atom stereocenters. The van der Waals surface area contributed by atoms with E-state index in [1.54, 1.807) is 7.05 Å². The van der Waals surface area contributed by atoms with Crippen LogP contribution in [0.1, 0.15) is 54.7 Å². The molecule has 6 nitrogen and oxygen atoms in total. The monoisotopic (exact) mass is 413 g/mol. The molecule has 4 aromatic rings. The van der Waals surface area contributed by atoms with Crippen molar-refractivity contribution in [2.75, 3.05) is 7.05 Å². The molecule has 31 heavy (non-hydrogen) atoms. The van der Waals surface area contributed by atoms with Gasteiger partial charge in [0.25, 0.3) is 5.91 Å². The van der Waals surface area contributed by atoms with Crippen LogP contribution in [0.5, 0.6) is 0 Å². The second-order valence-electron chi connectivity index (χ2n) is 8.17. The Balaban J connectivity index is 1.57. The van der Waals surface area contributed by atoms with Gasteiger partial charge in [-0.15, -0.1) is 0 Å². The molecule has 1 aliphatic carbocycles. The van der Waals surface area contributed by atoms with E-state index in [1.807, 2.05) is 41.2 Å². The molecule has 0 bridgehead atoms. The molecule has 0 spiro atoms. The predicted molar refractivity (Wildman–Crippen MR) is 123 cm³/mol. The Morgan fingerprint density at radius 2 is 1.87 bits per heavy atom. The van der Waals surface area contributed by atoms with Crippen molar-refractivity contribution in [2.45, 2.75) is 45.1 Å². The maximum atomic E-state index is 11.8. The lowest BCUT2D eigenvalue weighted by Crippen LogP contribution is -2.17. The molecule has 1 amide bonds. The molecular weight excluding hydrogens is 386 g/mol. The van der Waals surface area contributed by atoms with Crippen LogP contribution >= 0.6 is 0 Å². The topological polar surface area (TPSA) is 64.7 Å². The molecule has 1 saturated carbocycles. The molecule has 158 valence electrons. The van der Waals surface area contributed by atoms with Crippen molar-refractivity contribution in [1.82, 2.24) is 24.9 Å². The summed E-state index contributed by atoms with van der Waals surface area (Å²) in [4.78, 5) is 11.8. The number of hydrogen-bond donors (Lipinski definition) is 1. The molecule has 2 heterocycles. The number of benzene rings is 2. The highest BCUT2D eigenvalue weighted by atomic mass is 16.1. The zero-order valence-corrected chi connectivity index (χ0v) is 18.0. The fraction of sp³-hybridized carbons (Fsp3) is 0.320. The van der Waals surface area contributed by atoms with E-state index in [0.717, 1.165) is 23.4 Å². The van der Waals surface area contributed by atoms with Crippen molar-refractivity contribution in [3.63, 3.8) is 0 Å². The first-order chi connectivity index (χ1) is 15.2. The molecule has 0 radical (unpaired) electrons. The number of carbonyl (C=O) groups is 1. The van der Waals surface area contributed by atoms with E-state index in [1.165, 1.54) is 42.3 Å². The Morgan fingerprint density at radius 3 is 2.58 bits per heavy atom. The van der Waals surface area contributed by atoms with E-state index >= 15 is 0 Å². The summed E-state index contributed by atoms with van der Waals surface area (Å²) in [5.74, 6) is -0.0930.